The molecule has 0 aromatic rings. The van der Waals surface area contributed by atoms with E-state index in [0.29, 0.717) is 38.3 Å². The van der Waals surface area contributed by atoms with Gasteiger partial charge in [0.15, 0.2) is 0 Å². The third-order valence-corrected chi connectivity index (χ3v) is 5.92. The van der Waals surface area contributed by atoms with Crippen molar-refractivity contribution in [3.05, 3.63) is 0 Å². The van der Waals surface area contributed by atoms with Crippen LogP contribution in [0.3, 0.4) is 0 Å². The zero-order valence-electron chi connectivity index (χ0n) is 13.7. The van der Waals surface area contributed by atoms with E-state index in [1.807, 2.05) is 0 Å². The molecule has 0 aromatic carbocycles. The minimum Gasteiger partial charge on any atom is -0.480 e. The molecule has 128 valence electrons. The highest BCUT2D eigenvalue weighted by Crippen LogP contribution is 2.41. The second-order valence-corrected chi connectivity index (χ2v) is 7.23. The summed E-state index contributed by atoms with van der Waals surface area (Å²) < 4.78 is 0. The summed E-state index contributed by atoms with van der Waals surface area (Å²) in [6.45, 7) is 2.76. The fourth-order valence-corrected chi connectivity index (χ4v) is 4.65. The second-order valence-electron chi connectivity index (χ2n) is 7.23. The lowest BCUT2D eigenvalue weighted by Crippen LogP contribution is -2.50. The Morgan fingerprint density at radius 1 is 1.00 bits per heavy atom. The molecule has 6 heteroatoms. The smallest absolute Gasteiger partial charge is 0.326 e. The third-order valence-electron chi connectivity index (χ3n) is 5.92. The molecule has 0 bridgehead atoms. The van der Waals surface area contributed by atoms with Crippen LogP contribution in [0.2, 0.25) is 0 Å². The van der Waals surface area contributed by atoms with Gasteiger partial charge in [-0.2, -0.15) is 0 Å². The Hall–Kier alpha value is -1.59. The summed E-state index contributed by atoms with van der Waals surface area (Å²) in [6, 6.07) is -0.537. The summed E-state index contributed by atoms with van der Waals surface area (Å²) in [6.07, 6.45) is 6.12. The molecule has 3 fully saturated rings. The van der Waals surface area contributed by atoms with Crippen molar-refractivity contribution in [1.82, 2.24) is 9.80 Å². The molecule has 2 heterocycles. The number of nitrogens with zero attached hydrogens (tertiary/aromatic N) is 2. The summed E-state index contributed by atoms with van der Waals surface area (Å²) in [5.74, 6) is -0.587. The molecular weight excluding hydrogens is 296 g/mol. The van der Waals surface area contributed by atoms with Crippen LogP contribution in [0.4, 0.5) is 0 Å². The van der Waals surface area contributed by atoms with Gasteiger partial charge in [-0.05, 0) is 38.0 Å². The Morgan fingerprint density at radius 3 is 2.26 bits per heavy atom. The second kappa shape index (κ2) is 6.49. The fraction of sp³-hybridized carbons (Fsp3) is 0.824. The number of fused-ring (bicyclic) bond motifs is 1. The van der Waals surface area contributed by atoms with Gasteiger partial charge in [-0.25, -0.2) is 4.79 Å². The van der Waals surface area contributed by atoms with Gasteiger partial charge in [-0.15, -0.1) is 0 Å². The first kappa shape index (κ1) is 16.3. The molecule has 3 aliphatic rings. The van der Waals surface area contributed by atoms with Crippen LogP contribution in [0.5, 0.6) is 0 Å². The van der Waals surface area contributed by atoms with E-state index in [-0.39, 0.29) is 23.8 Å². The predicted octanol–water partition coefficient (Wildman–Crippen LogP) is 1.49. The molecule has 0 radical (unpaired) electrons. The molecule has 1 N–H and O–H groups in total. The number of amides is 2. The van der Waals surface area contributed by atoms with E-state index in [1.54, 1.807) is 16.7 Å². The Bertz CT molecular complexity index is 499. The molecule has 6 nitrogen and oxygen atoms in total. The zero-order chi connectivity index (χ0) is 16.6. The van der Waals surface area contributed by atoms with Crippen molar-refractivity contribution < 1.29 is 19.5 Å². The normalized spacial score (nSPS) is 31.8. The fourth-order valence-electron chi connectivity index (χ4n) is 4.65. The van der Waals surface area contributed by atoms with E-state index in [4.69, 9.17) is 0 Å². The third kappa shape index (κ3) is 3.08. The van der Waals surface area contributed by atoms with Crippen LogP contribution in [0, 0.1) is 11.8 Å². The van der Waals surface area contributed by atoms with Crippen LogP contribution in [0.25, 0.3) is 0 Å². The molecule has 0 aromatic heterocycles. The first-order valence-electron chi connectivity index (χ1n) is 8.79. The molecule has 3 atom stereocenters. The highest BCUT2D eigenvalue weighted by Gasteiger charge is 2.48. The van der Waals surface area contributed by atoms with Gasteiger partial charge >= 0.3 is 5.97 Å². The maximum atomic E-state index is 13.0. The van der Waals surface area contributed by atoms with Gasteiger partial charge in [0.05, 0.1) is 0 Å². The number of piperidine rings is 1. The monoisotopic (exact) mass is 322 g/mol. The predicted molar refractivity (Wildman–Crippen MR) is 83.6 cm³/mol. The highest BCUT2D eigenvalue weighted by molar-refractivity contribution is 5.86. The number of carboxylic acid groups (broad SMARTS) is 1. The molecular formula is C17H26N2O4. The van der Waals surface area contributed by atoms with Crippen molar-refractivity contribution in [2.24, 2.45) is 11.8 Å². The van der Waals surface area contributed by atoms with E-state index < -0.39 is 12.0 Å². The number of aliphatic carboxylic acids is 1. The lowest BCUT2D eigenvalue weighted by Gasteiger charge is -2.37. The Morgan fingerprint density at radius 2 is 1.65 bits per heavy atom. The van der Waals surface area contributed by atoms with Crippen LogP contribution in [-0.2, 0) is 14.4 Å². The molecule has 1 saturated carbocycles. The van der Waals surface area contributed by atoms with E-state index in [2.05, 4.69) is 0 Å². The van der Waals surface area contributed by atoms with Crippen LogP contribution in [-0.4, -0.2) is 57.9 Å². The molecule has 0 spiro atoms. The Balaban J connectivity index is 1.71. The summed E-state index contributed by atoms with van der Waals surface area (Å²) >= 11 is 0. The van der Waals surface area contributed by atoms with E-state index >= 15 is 0 Å². The number of carbonyl (C=O) groups is 3. The summed E-state index contributed by atoms with van der Waals surface area (Å²) in [7, 11) is 0. The van der Waals surface area contributed by atoms with Gasteiger partial charge in [0, 0.05) is 32.0 Å². The topological polar surface area (TPSA) is 77.9 Å². The molecule has 1 aliphatic carbocycles. The average Bonchev–Trinajstić information content (AvgIpc) is 2.94. The first-order valence-corrected chi connectivity index (χ1v) is 8.79. The number of likely N-dealkylation sites (tertiary alicyclic amines) is 2. The Labute approximate surface area is 136 Å². The van der Waals surface area contributed by atoms with Crippen molar-refractivity contribution in [1.29, 1.82) is 0 Å². The van der Waals surface area contributed by atoms with Crippen molar-refractivity contribution in [3.8, 4) is 0 Å². The van der Waals surface area contributed by atoms with Gasteiger partial charge < -0.3 is 14.9 Å². The van der Waals surface area contributed by atoms with Gasteiger partial charge in [0.1, 0.15) is 6.04 Å². The summed E-state index contributed by atoms with van der Waals surface area (Å²) in [4.78, 5) is 39.5. The van der Waals surface area contributed by atoms with Crippen molar-refractivity contribution in [2.45, 2.75) is 64.0 Å². The van der Waals surface area contributed by atoms with Crippen LogP contribution in [0.1, 0.15) is 51.9 Å². The molecule has 2 amide bonds. The number of rotatable bonds is 2. The SMILES string of the molecule is CC(=O)N1CCC(C(=O)N2[C@@H]3CCCC[C@H]3C[C@H]2C(=O)O)CC1. The van der Waals surface area contributed by atoms with Crippen LogP contribution >= 0.6 is 0 Å². The van der Waals surface area contributed by atoms with Gasteiger partial charge in [-0.3, -0.25) is 9.59 Å². The highest BCUT2D eigenvalue weighted by atomic mass is 16.4. The van der Waals surface area contributed by atoms with Crippen molar-refractivity contribution >= 4 is 17.8 Å². The summed E-state index contributed by atoms with van der Waals surface area (Å²) in [5, 5.41) is 9.55. The molecule has 0 unspecified atom stereocenters. The van der Waals surface area contributed by atoms with Crippen LogP contribution in [0.15, 0.2) is 0 Å². The van der Waals surface area contributed by atoms with Crippen LogP contribution < -0.4 is 0 Å². The van der Waals surface area contributed by atoms with Gasteiger partial charge in [0.2, 0.25) is 11.8 Å². The quantitative estimate of drug-likeness (QED) is 0.835. The van der Waals surface area contributed by atoms with E-state index in [9.17, 15) is 19.5 Å². The van der Waals surface area contributed by atoms with Gasteiger partial charge in [-0.1, -0.05) is 12.8 Å². The standard InChI is InChI=1S/C17H26N2O4/c1-11(20)18-8-6-12(7-9-18)16(21)19-14-5-3-2-4-13(14)10-15(19)17(22)23/h12-15H,2-10H2,1H3,(H,22,23)/t13-,14+,15-/m0/s1. The molecule has 2 aliphatic heterocycles. The lowest BCUT2D eigenvalue weighted by molar-refractivity contribution is -0.153. The molecule has 3 rings (SSSR count). The van der Waals surface area contributed by atoms with E-state index in [0.717, 1.165) is 25.7 Å². The number of carboxylic acids is 1. The van der Waals surface area contributed by atoms with E-state index in [1.165, 1.54) is 0 Å². The first-order chi connectivity index (χ1) is 11.0. The van der Waals surface area contributed by atoms with Crippen molar-refractivity contribution in [3.63, 3.8) is 0 Å². The van der Waals surface area contributed by atoms with Crippen molar-refractivity contribution in [2.75, 3.05) is 13.1 Å². The summed E-state index contributed by atoms with van der Waals surface area (Å²) in [5.41, 5.74) is 0. The average molecular weight is 322 g/mol. The molecule has 2 saturated heterocycles. The zero-order valence-corrected chi connectivity index (χ0v) is 13.7. The number of carbonyl (C=O) groups excluding carboxylic acids is 2. The van der Waals surface area contributed by atoms with Gasteiger partial charge in [0.25, 0.3) is 0 Å². The molecule has 23 heavy (non-hydrogen) atoms. The maximum Gasteiger partial charge on any atom is 0.326 e. The minimum absolute atomic E-state index is 0.00926. The lowest BCUT2D eigenvalue weighted by atomic mass is 9.84. The number of hydrogen-bond acceptors (Lipinski definition) is 3. The maximum absolute atomic E-state index is 13.0. The minimum atomic E-state index is -0.867. The number of hydrogen-bond donors (Lipinski definition) is 1. The Kier molecular flexibility index (Phi) is 4.60. The largest absolute Gasteiger partial charge is 0.480 e.